The maximum absolute atomic E-state index is 6.04. The van der Waals surface area contributed by atoms with Crippen LogP contribution in [0.4, 0.5) is 0 Å². The van der Waals surface area contributed by atoms with Crippen molar-refractivity contribution in [3.05, 3.63) is 51.6 Å². The summed E-state index contributed by atoms with van der Waals surface area (Å²) in [4.78, 5) is 4.35. The van der Waals surface area contributed by atoms with Crippen LogP contribution in [0, 0.1) is 13.8 Å². The number of benzene rings is 1. The predicted octanol–water partition coefficient (Wildman–Crippen LogP) is 5.55. The molecule has 0 bridgehead atoms. The van der Waals surface area contributed by atoms with Crippen molar-refractivity contribution in [1.82, 2.24) is 4.98 Å². The molecule has 0 atom stereocenters. The van der Waals surface area contributed by atoms with Crippen LogP contribution in [-0.2, 0) is 5.41 Å². The number of ether oxygens (including phenoxy) is 1. The van der Waals surface area contributed by atoms with E-state index in [1.165, 1.54) is 11.1 Å². The van der Waals surface area contributed by atoms with Gasteiger partial charge in [-0.2, -0.15) is 0 Å². The van der Waals surface area contributed by atoms with E-state index in [1.54, 1.807) is 6.20 Å². The highest BCUT2D eigenvalue weighted by Gasteiger charge is 2.20. The number of nitrogens with zero attached hydrogens (tertiary/aromatic N) is 1. The van der Waals surface area contributed by atoms with E-state index in [2.05, 4.69) is 60.7 Å². The second-order valence-electron chi connectivity index (χ2n) is 6.13. The van der Waals surface area contributed by atoms with Crippen molar-refractivity contribution in [3.63, 3.8) is 0 Å². The lowest BCUT2D eigenvalue weighted by Crippen LogP contribution is -2.13. The van der Waals surface area contributed by atoms with Crippen LogP contribution in [0.1, 0.15) is 37.5 Å². The van der Waals surface area contributed by atoms with Crippen molar-refractivity contribution in [2.45, 2.75) is 40.0 Å². The summed E-state index contributed by atoms with van der Waals surface area (Å²) in [6, 6.07) is 8.29. The maximum Gasteiger partial charge on any atom is 0.222 e. The summed E-state index contributed by atoms with van der Waals surface area (Å²) in [6.07, 6.45) is 1.76. The number of hydrogen-bond acceptors (Lipinski definition) is 2. The van der Waals surface area contributed by atoms with Crippen LogP contribution in [0.3, 0.4) is 0 Å². The van der Waals surface area contributed by atoms with Crippen molar-refractivity contribution in [2.24, 2.45) is 0 Å². The molecular weight excluding hydrogens is 314 g/mol. The van der Waals surface area contributed by atoms with E-state index in [9.17, 15) is 0 Å². The third kappa shape index (κ3) is 3.40. The average Bonchev–Trinajstić information content (AvgIpc) is 2.33. The summed E-state index contributed by atoms with van der Waals surface area (Å²) < 4.78 is 7.01. The van der Waals surface area contributed by atoms with E-state index in [-0.39, 0.29) is 5.41 Å². The minimum atomic E-state index is 0.0324. The second-order valence-corrected chi connectivity index (χ2v) is 7.04. The van der Waals surface area contributed by atoms with Gasteiger partial charge in [-0.1, -0.05) is 38.5 Å². The molecule has 1 heterocycles. The minimum Gasteiger partial charge on any atom is -0.438 e. The molecule has 0 unspecified atom stereocenters. The zero-order chi connectivity index (χ0) is 14.9. The molecule has 0 aliphatic heterocycles. The van der Waals surface area contributed by atoms with E-state index in [0.29, 0.717) is 5.88 Å². The van der Waals surface area contributed by atoms with Gasteiger partial charge in [-0.3, -0.25) is 0 Å². The third-order valence-corrected chi connectivity index (χ3v) is 3.58. The summed E-state index contributed by atoms with van der Waals surface area (Å²) in [5, 5.41) is 0. The number of hydrogen-bond donors (Lipinski definition) is 0. The van der Waals surface area contributed by atoms with E-state index in [4.69, 9.17) is 4.74 Å². The number of halogens is 1. The van der Waals surface area contributed by atoms with Crippen LogP contribution in [0.5, 0.6) is 11.6 Å². The molecule has 106 valence electrons. The van der Waals surface area contributed by atoms with Gasteiger partial charge in [0.25, 0.3) is 0 Å². The minimum absolute atomic E-state index is 0.0324. The average molecular weight is 334 g/mol. The summed E-state index contributed by atoms with van der Waals surface area (Å²) in [5.74, 6) is 1.53. The van der Waals surface area contributed by atoms with E-state index < -0.39 is 0 Å². The summed E-state index contributed by atoms with van der Waals surface area (Å²) in [7, 11) is 0. The second kappa shape index (κ2) is 5.57. The first kappa shape index (κ1) is 15.0. The van der Waals surface area contributed by atoms with Crippen LogP contribution < -0.4 is 4.74 Å². The Morgan fingerprint density at radius 2 is 1.80 bits per heavy atom. The SMILES string of the molecule is Cc1ccc(Oc2ncc(Br)cc2C)c(C(C)(C)C)c1. The molecule has 2 aromatic rings. The molecule has 1 aromatic heterocycles. The monoisotopic (exact) mass is 333 g/mol. The lowest BCUT2D eigenvalue weighted by Gasteiger charge is -2.23. The Kier molecular flexibility index (Phi) is 4.19. The smallest absolute Gasteiger partial charge is 0.222 e. The molecule has 0 N–H and O–H groups in total. The maximum atomic E-state index is 6.04. The molecule has 0 aliphatic carbocycles. The molecule has 1 aromatic carbocycles. The van der Waals surface area contributed by atoms with Crippen molar-refractivity contribution < 1.29 is 4.74 Å². The molecular formula is C17H20BrNO. The largest absolute Gasteiger partial charge is 0.438 e. The van der Waals surface area contributed by atoms with Crippen LogP contribution in [0.25, 0.3) is 0 Å². The fourth-order valence-corrected chi connectivity index (χ4v) is 2.50. The van der Waals surface area contributed by atoms with E-state index in [1.807, 2.05) is 19.1 Å². The van der Waals surface area contributed by atoms with Crippen molar-refractivity contribution in [1.29, 1.82) is 0 Å². The molecule has 0 spiro atoms. The van der Waals surface area contributed by atoms with Gasteiger partial charge in [0.1, 0.15) is 5.75 Å². The van der Waals surface area contributed by atoms with Gasteiger partial charge in [0.15, 0.2) is 0 Å². The number of aryl methyl sites for hydroxylation is 2. The first-order chi connectivity index (χ1) is 9.27. The highest BCUT2D eigenvalue weighted by atomic mass is 79.9. The molecule has 0 fully saturated rings. The Morgan fingerprint density at radius 1 is 1.10 bits per heavy atom. The Labute approximate surface area is 129 Å². The predicted molar refractivity (Wildman–Crippen MR) is 86.6 cm³/mol. The Hall–Kier alpha value is -1.35. The summed E-state index contributed by atoms with van der Waals surface area (Å²) >= 11 is 3.42. The fraction of sp³-hybridized carbons (Fsp3) is 0.353. The molecule has 0 saturated carbocycles. The number of aromatic nitrogens is 1. The van der Waals surface area contributed by atoms with Gasteiger partial charge in [-0.05, 0) is 47.3 Å². The Morgan fingerprint density at radius 3 is 2.40 bits per heavy atom. The van der Waals surface area contributed by atoms with Gasteiger partial charge in [-0.15, -0.1) is 0 Å². The van der Waals surface area contributed by atoms with Gasteiger partial charge >= 0.3 is 0 Å². The van der Waals surface area contributed by atoms with Crippen molar-refractivity contribution in [2.75, 3.05) is 0 Å². The first-order valence-electron chi connectivity index (χ1n) is 6.68. The first-order valence-corrected chi connectivity index (χ1v) is 7.48. The van der Waals surface area contributed by atoms with Crippen molar-refractivity contribution in [3.8, 4) is 11.6 Å². The van der Waals surface area contributed by atoms with E-state index in [0.717, 1.165) is 15.8 Å². The molecule has 3 heteroatoms. The van der Waals surface area contributed by atoms with Crippen molar-refractivity contribution >= 4 is 15.9 Å². The highest BCUT2D eigenvalue weighted by Crippen LogP contribution is 2.35. The molecule has 2 nitrogen and oxygen atoms in total. The van der Waals surface area contributed by atoms with Gasteiger partial charge < -0.3 is 4.74 Å². The quantitative estimate of drug-likeness (QED) is 0.718. The lowest BCUT2D eigenvalue weighted by molar-refractivity contribution is 0.436. The molecule has 0 amide bonds. The highest BCUT2D eigenvalue weighted by molar-refractivity contribution is 9.10. The number of rotatable bonds is 2. The number of pyridine rings is 1. The zero-order valence-electron chi connectivity index (χ0n) is 12.6. The van der Waals surface area contributed by atoms with Gasteiger partial charge in [0.05, 0.1) is 0 Å². The standard InChI is InChI=1S/C17H20BrNO/c1-11-6-7-15(14(8-11)17(3,4)5)20-16-12(2)9-13(18)10-19-16/h6-10H,1-5H3. The van der Waals surface area contributed by atoms with Gasteiger partial charge in [0, 0.05) is 21.8 Å². The summed E-state index contributed by atoms with van der Waals surface area (Å²) in [5.41, 5.74) is 3.48. The van der Waals surface area contributed by atoms with Gasteiger partial charge in [0.2, 0.25) is 5.88 Å². The zero-order valence-corrected chi connectivity index (χ0v) is 14.2. The van der Waals surface area contributed by atoms with E-state index >= 15 is 0 Å². The van der Waals surface area contributed by atoms with Crippen LogP contribution >= 0.6 is 15.9 Å². The topological polar surface area (TPSA) is 22.1 Å². The van der Waals surface area contributed by atoms with Crippen LogP contribution in [0.2, 0.25) is 0 Å². The molecule has 0 radical (unpaired) electrons. The Balaban J connectivity index is 2.43. The molecule has 2 rings (SSSR count). The van der Waals surface area contributed by atoms with Crippen LogP contribution in [0.15, 0.2) is 34.9 Å². The molecule has 0 saturated heterocycles. The molecule has 20 heavy (non-hydrogen) atoms. The van der Waals surface area contributed by atoms with Gasteiger partial charge in [-0.25, -0.2) is 4.98 Å². The Bertz CT molecular complexity index is 629. The normalized spacial score (nSPS) is 11.5. The third-order valence-electron chi connectivity index (χ3n) is 3.15. The molecule has 0 aliphatic rings. The fourth-order valence-electron chi connectivity index (χ4n) is 2.06. The summed E-state index contributed by atoms with van der Waals surface area (Å²) in [6.45, 7) is 10.7. The lowest BCUT2D eigenvalue weighted by atomic mass is 9.85. The van der Waals surface area contributed by atoms with Crippen LogP contribution in [-0.4, -0.2) is 4.98 Å².